The molecule has 0 saturated carbocycles. The van der Waals surface area contributed by atoms with Crippen molar-refractivity contribution in [1.29, 1.82) is 0 Å². The van der Waals surface area contributed by atoms with Gasteiger partial charge in [0.15, 0.2) is 6.04 Å². The number of hydrogen-bond donors (Lipinski definition) is 3. The van der Waals surface area contributed by atoms with Crippen molar-refractivity contribution in [3.05, 3.63) is 28.8 Å². The Morgan fingerprint density at radius 2 is 2.47 bits per heavy atom. The first kappa shape index (κ1) is 9.88. The highest BCUT2D eigenvalue weighted by Crippen LogP contribution is 2.24. The minimum absolute atomic E-state index is 0.415. The number of hydrogen-bond acceptors (Lipinski definition) is 4. The Morgan fingerprint density at radius 3 is 3.07 bits per heavy atom. The second-order valence-corrected chi connectivity index (χ2v) is 3.88. The molecular formula is C9H9N3O2S. The number of thiazole rings is 1. The van der Waals surface area contributed by atoms with Gasteiger partial charge in [0.05, 0.1) is 5.69 Å². The molecule has 1 atom stereocenters. The third-order valence-electron chi connectivity index (χ3n) is 1.95. The Hall–Kier alpha value is -1.66. The molecule has 6 heteroatoms. The number of H-pyrrole nitrogens is 1. The van der Waals surface area contributed by atoms with Gasteiger partial charge in [-0.1, -0.05) is 0 Å². The minimum atomic E-state index is -1.06. The van der Waals surface area contributed by atoms with Crippen LogP contribution < -0.4 is 5.73 Å². The number of nitrogens with two attached hydrogens (primary N) is 1. The van der Waals surface area contributed by atoms with Gasteiger partial charge in [0, 0.05) is 23.3 Å². The highest BCUT2D eigenvalue weighted by Gasteiger charge is 2.18. The fourth-order valence-electron chi connectivity index (χ4n) is 1.15. The van der Waals surface area contributed by atoms with E-state index in [1.165, 1.54) is 11.3 Å². The summed E-state index contributed by atoms with van der Waals surface area (Å²) in [6.45, 7) is 0. The molecule has 0 aromatic carbocycles. The van der Waals surface area contributed by atoms with Crippen LogP contribution in [0.25, 0.3) is 11.3 Å². The van der Waals surface area contributed by atoms with Crippen molar-refractivity contribution >= 4 is 17.3 Å². The van der Waals surface area contributed by atoms with Gasteiger partial charge in [0.2, 0.25) is 0 Å². The van der Waals surface area contributed by atoms with Crippen molar-refractivity contribution in [3.8, 4) is 11.3 Å². The molecule has 0 aliphatic rings. The highest BCUT2D eigenvalue weighted by atomic mass is 32.1. The van der Waals surface area contributed by atoms with E-state index in [1.807, 2.05) is 6.07 Å². The second kappa shape index (κ2) is 3.84. The molecule has 5 nitrogen and oxygen atoms in total. The Morgan fingerprint density at radius 1 is 1.67 bits per heavy atom. The molecule has 4 N–H and O–H groups in total. The first-order valence-corrected chi connectivity index (χ1v) is 5.13. The van der Waals surface area contributed by atoms with E-state index in [4.69, 9.17) is 10.8 Å². The SMILES string of the molecule is NC(C(=O)O)c1nc(-c2cc[nH]c2)cs1. The van der Waals surface area contributed by atoms with Crippen molar-refractivity contribution in [2.75, 3.05) is 0 Å². The van der Waals surface area contributed by atoms with Gasteiger partial charge in [-0.2, -0.15) is 0 Å². The van der Waals surface area contributed by atoms with E-state index in [1.54, 1.807) is 17.8 Å². The van der Waals surface area contributed by atoms with Gasteiger partial charge in [0.25, 0.3) is 0 Å². The Labute approximate surface area is 89.6 Å². The zero-order valence-corrected chi connectivity index (χ0v) is 8.49. The Kier molecular flexibility index (Phi) is 2.53. The Bertz CT molecular complexity index is 463. The van der Waals surface area contributed by atoms with Crippen LogP contribution in [0.5, 0.6) is 0 Å². The summed E-state index contributed by atoms with van der Waals surface area (Å²) in [5, 5.41) is 10.9. The second-order valence-electron chi connectivity index (χ2n) is 2.99. The van der Waals surface area contributed by atoms with E-state index >= 15 is 0 Å². The molecule has 2 aromatic rings. The zero-order valence-electron chi connectivity index (χ0n) is 7.68. The molecule has 78 valence electrons. The van der Waals surface area contributed by atoms with E-state index in [2.05, 4.69) is 9.97 Å². The molecule has 0 amide bonds. The lowest BCUT2D eigenvalue weighted by Crippen LogP contribution is -2.20. The van der Waals surface area contributed by atoms with E-state index in [0.717, 1.165) is 11.3 Å². The maximum Gasteiger partial charge on any atom is 0.327 e. The maximum absolute atomic E-state index is 10.6. The smallest absolute Gasteiger partial charge is 0.327 e. The van der Waals surface area contributed by atoms with Crippen LogP contribution in [-0.2, 0) is 4.79 Å². The topological polar surface area (TPSA) is 92.0 Å². The molecule has 0 aliphatic carbocycles. The third-order valence-corrected chi connectivity index (χ3v) is 2.88. The standard InChI is InChI=1S/C9H9N3O2S/c10-7(9(13)14)8-12-6(4-15-8)5-1-2-11-3-5/h1-4,7,11H,10H2,(H,13,14). The summed E-state index contributed by atoms with van der Waals surface area (Å²) < 4.78 is 0. The van der Waals surface area contributed by atoms with Gasteiger partial charge in [-0.3, -0.25) is 4.79 Å². The number of aliphatic carboxylic acids is 1. The van der Waals surface area contributed by atoms with Crippen LogP contribution in [0.1, 0.15) is 11.0 Å². The zero-order chi connectivity index (χ0) is 10.8. The van der Waals surface area contributed by atoms with Crippen LogP contribution in [-0.4, -0.2) is 21.0 Å². The van der Waals surface area contributed by atoms with E-state index in [9.17, 15) is 4.79 Å². The monoisotopic (exact) mass is 223 g/mol. The van der Waals surface area contributed by atoms with E-state index < -0.39 is 12.0 Å². The minimum Gasteiger partial charge on any atom is -0.480 e. The third kappa shape index (κ3) is 1.90. The van der Waals surface area contributed by atoms with Crippen molar-refractivity contribution in [2.45, 2.75) is 6.04 Å². The summed E-state index contributed by atoms with van der Waals surface area (Å²) >= 11 is 1.25. The van der Waals surface area contributed by atoms with Gasteiger partial charge in [0.1, 0.15) is 5.01 Å². The van der Waals surface area contributed by atoms with Crippen LogP contribution in [0.2, 0.25) is 0 Å². The number of carbonyl (C=O) groups is 1. The van der Waals surface area contributed by atoms with Crippen LogP contribution in [0, 0.1) is 0 Å². The van der Waals surface area contributed by atoms with Crippen LogP contribution in [0.3, 0.4) is 0 Å². The molecule has 2 aromatic heterocycles. The first-order valence-electron chi connectivity index (χ1n) is 4.25. The summed E-state index contributed by atoms with van der Waals surface area (Å²) in [5.41, 5.74) is 7.11. The van der Waals surface area contributed by atoms with Crippen molar-refractivity contribution in [3.63, 3.8) is 0 Å². The molecule has 0 radical (unpaired) electrons. The van der Waals surface area contributed by atoms with Gasteiger partial charge < -0.3 is 15.8 Å². The number of rotatable bonds is 3. The van der Waals surface area contributed by atoms with Crippen molar-refractivity contribution in [2.24, 2.45) is 5.73 Å². The number of nitrogens with one attached hydrogen (secondary N) is 1. The van der Waals surface area contributed by atoms with Crippen LogP contribution in [0.4, 0.5) is 0 Å². The molecule has 2 rings (SSSR count). The maximum atomic E-state index is 10.6. The number of carboxylic acids is 1. The van der Waals surface area contributed by atoms with E-state index in [-0.39, 0.29) is 0 Å². The molecular weight excluding hydrogens is 214 g/mol. The molecule has 0 spiro atoms. The lowest BCUT2D eigenvalue weighted by atomic mass is 10.3. The molecule has 2 heterocycles. The summed E-state index contributed by atoms with van der Waals surface area (Å²) in [4.78, 5) is 17.7. The van der Waals surface area contributed by atoms with Crippen molar-refractivity contribution < 1.29 is 9.90 Å². The van der Waals surface area contributed by atoms with Crippen molar-refractivity contribution in [1.82, 2.24) is 9.97 Å². The highest BCUT2D eigenvalue weighted by molar-refractivity contribution is 7.10. The molecule has 0 saturated heterocycles. The van der Waals surface area contributed by atoms with E-state index in [0.29, 0.717) is 5.01 Å². The summed E-state index contributed by atoms with van der Waals surface area (Å²) in [5.74, 6) is -1.06. The van der Waals surface area contributed by atoms with Crippen LogP contribution in [0.15, 0.2) is 23.8 Å². The summed E-state index contributed by atoms with van der Waals surface area (Å²) in [6, 6.07) is 0.827. The van der Waals surface area contributed by atoms with Gasteiger partial charge >= 0.3 is 5.97 Å². The fourth-order valence-corrected chi connectivity index (χ4v) is 1.97. The molecule has 0 fully saturated rings. The first-order chi connectivity index (χ1) is 7.18. The predicted molar refractivity (Wildman–Crippen MR) is 56.5 cm³/mol. The normalized spacial score (nSPS) is 12.6. The lowest BCUT2D eigenvalue weighted by Gasteiger charge is -1.99. The number of aromatic amines is 1. The number of nitrogens with zero attached hydrogens (tertiary/aromatic N) is 1. The molecule has 0 aliphatic heterocycles. The summed E-state index contributed by atoms with van der Waals surface area (Å²) in [7, 11) is 0. The predicted octanol–water partition coefficient (Wildman–Crippen LogP) is 1.22. The molecule has 15 heavy (non-hydrogen) atoms. The average molecular weight is 223 g/mol. The van der Waals surface area contributed by atoms with Crippen LogP contribution >= 0.6 is 11.3 Å². The largest absolute Gasteiger partial charge is 0.480 e. The number of carboxylic acid groups (broad SMARTS) is 1. The quantitative estimate of drug-likeness (QED) is 0.729. The summed E-state index contributed by atoms with van der Waals surface area (Å²) in [6.07, 6.45) is 3.58. The fraction of sp³-hybridized carbons (Fsp3) is 0.111. The molecule has 1 unspecified atom stereocenters. The average Bonchev–Trinajstić information content (AvgIpc) is 2.86. The van der Waals surface area contributed by atoms with Gasteiger partial charge in [-0.05, 0) is 6.07 Å². The Balaban J connectivity index is 2.28. The number of aromatic nitrogens is 2. The lowest BCUT2D eigenvalue weighted by molar-refractivity contribution is -0.138. The molecule has 0 bridgehead atoms. The van der Waals surface area contributed by atoms with Gasteiger partial charge in [-0.15, -0.1) is 11.3 Å². The van der Waals surface area contributed by atoms with Gasteiger partial charge in [-0.25, -0.2) is 4.98 Å².